The summed E-state index contributed by atoms with van der Waals surface area (Å²) in [5.41, 5.74) is 0.321. The predicted molar refractivity (Wildman–Crippen MR) is 62.0 cm³/mol. The average molecular weight is 215 g/mol. The molecule has 0 bridgehead atoms. The number of likely N-dealkylation sites (tertiary alicyclic amines) is 1. The van der Waals surface area contributed by atoms with Crippen LogP contribution >= 0.6 is 0 Å². The van der Waals surface area contributed by atoms with Crippen molar-refractivity contribution in [3.8, 4) is 0 Å². The average Bonchev–Trinajstić information content (AvgIpc) is 2.27. The van der Waals surface area contributed by atoms with Crippen molar-refractivity contribution in [1.82, 2.24) is 4.90 Å². The van der Waals surface area contributed by atoms with E-state index in [1.807, 2.05) is 0 Å². The minimum Gasteiger partial charge on any atom is -0.394 e. The van der Waals surface area contributed by atoms with Gasteiger partial charge in [-0.05, 0) is 33.1 Å². The van der Waals surface area contributed by atoms with Crippen molar-refractivity contribution in [3.05, 3.63) is 0 Å². The zero-order valence-corrected chi connectivity index (χ0v) is 10.3. The van der Waals surface area contributed by atoms with E-state index >= 15 is 0 Å². The third-order valence-electron chi connectivity index (χ3n) is 3.61. The molecule has 1 saturated heterocycles. The zero-order valence-electron chi connectivity index (χ0n) is 10.3. The Morgan fingerprint density at radius 2 is 1.93 bits per heavy atom. The van der Waals surface area contributed by atoms with Gasteiger partial charge in [0.15, 0.2) is 0 Å². The highest BCUT2D eigenvalue weighted by molar-refractivity contribution is 4.84. The Kier molecular flexibility index (Phi) is 5.03. The van der Waals surface area contributed by atoms with Crippen molar-refractivity contribution in [2.75, 3.05) is 26.3 Å². The van der Waals surface area contributed by atoms with Gasteiger partial charge in [-0.25, -0.2) is 0 Å². The maximum absolute atomic E-state index is 8.68. The van der Waals surface area contributed by atoms with Gasteiger partial charge >= 0.3 is 0 Å². The molecule has 3 nitrogen and oxygen atoms in total. The maximum atomic E-state index is 8.68. The molecule has 0 unspecified atom stereocenters. The summed E-state index contributed by atoms with van der Waals surface area (Å²) in [7, 11) is 0. The first kappa shape index (κ1) is 12.9. The molecule has 0 atom stereocenters. The van der Waals surface area contributed by atoms with Gasteiger partial charge in [0, 0.05) is 18.6 Å². The molecule has 0 spiro atoms. The second-order valence-electron chi connectivity index (χ2n) is 4.95. The van der Waals surface area contributed by atoms with Crippen molar-refractivity contribution in [3.63, 3.8) is 0 Å². The first-order valence-electron chi connectivity index (χ1n) is 6.07. The molecule has 0 aromatic rings. The van der Waals surface area contributed by atoms with Crippen molar-refractivity contribution in [1.29, 1.82) is 0 Å². The first-order valence-corrected chi connectivity index (χ1v) is 6.07. The van der Waals surface area contributed by atoms with Crippen LogP contribution in [0.2, 0.25) is 0 Å². The Labute approximate surface area is 93.4 Å². The monoisotopic (exact) mass is 215 g/mol. The summed E-state index contributed by atoms with van der Waals surface area (Å²) in [5, 5.41) is 8.68. The largest absolute Gasteiger partial charge is 0.394 e. The van der Waals surface area contributed by atoms with Crippen molar-refractivity contribution < 1.29 is 9.84 Å². The van der Waals surface area contributed by atoms with Crippen LogP contribution in [0.1, 0.15) is 40.0 Å². The second kappa shape index (κ2) is 5.83. The normalized spacial score (nSPS) is 20.8. The van der Waals surface area contributed by atoms with Crippen molar-refractivity contribution in [2.45, 2.75) is 51.7 Å². The van der Waals surface area contributed by atoms with E-state index in [9.17, 15) is 0 Å². The predicted octanol–water partition coefficient (Wildman–Crippen LogP) is 1.65. The summed E-state index contributed by atoms with van der Waals surface area (Å²) in [6.07, 6.45) is 3.75. The van der Waals surface area contributed by atoms with E-state index in [2.05, 4.69) is 25.7 Å². The fraction of sp³-hybridized carbons (Fsp3) is 1.00. The Morgan fingerprint density at radius 3 is 2.40 bits per heavy atom. The lowest BCUT2D eigenvalue weighted by Crippen LogP contribution is -2.49. The molecule has 1 aliphatic rings. The number of hydrogen-bond donors (Lipinski definition) is 1. The van der Waals surface area contributed by atoms with Gasteiger partial charge in [0.25, 0.3) is 0 Å². The number of rotatable bonds is 5. The standard InChI is InChI=1S/C12H25NO2/c1-4-12(2,3)13-7-5-11(6-8-13)15-10-9-14/h11,14H,4-10H2,1-3H3. The highest BCUT2D eigenvalue weighted by Gasteiger charge is 2.29. The lowest BCUT2D eigenvalue weighted by Gasteiger charge is -2.42. The fourth-order valence-electron chi connectivity index (χ4n) is 2.07. The van der Waals surface area contributed by atoms with Gasteiger partial charge in [-0.3, -0.25) is 4.90 Å². The van der Waals surface area contributed by atoms with E-state index in [1.165, 1.54) is 6.42 Å². The minimum absolute atomic E-state index is 0.140. The van der Waals surface area contributed by atoms with Gasteiger partial charge in [0.05, 0.1) is 19.3 Å². The molecule has 3 heteroatoms. The van der Waals surface area contributed by atoms with E-state index in [4.69, 9.17) is 9.84 Å². The van der Waals surface area contributed by atoms with Crippen molar-refractivity contribution in [2.24, 2.45) is 0 Å². The zero-order chi connectivity index (χ0) is 11.3. The highest BCUT2D eigenvalue weighted by Crippen LogP contribution is 2.24. The lowest BCUT2D eigenvalue weighted by molar-refractivity contribution is -0.0274. The Hall–Kier alpha value is -0.120. The van der Waals surface area contributed by atoms with Gasteiger partial charge in [-0.15, -0.1) is 0 Å². The third-order valence-corrected chi connectivity index (χ3v) is 3.61. The van der Waals surface area contributed by atoms with E-state index in [1.54, 1.807) is 0 Å². The van der Waals surface area contributed by atoms with Crippen LogP contribution < -0.4 is 0 Å². The molecule has 0 aliphatic carbocycles. The summed E-state index contributed by atoms with van der Waals surface area (Å²) in [6.45, 7) is 9.73. The van der Waals surface area contributed by atoms with Gasteiger partial charge in [-0.2, -0.15) is 0 Å². The summed E-state index contributed by atoms with van der Waals surface area (Å²) in [4.78, 5) is 2.55. The quantitative estimate of drug-likeness (QED) is 0.757. The van der Waals surface area contributed by atoms with Crippen LogP contribution in [0.4, 0.5) is 0 Å². The molecule has 1 fully saturated rings. The van der Waals surface area contributed by atoms with Gasteiger partial charge in [0.2, 0.25) is 0 Å². The molecule has 1 rings (SSSR count). The number of hydrogen-bond acceptors (Lipinski definition) is 3. The molecule has 0 saturated carbocycles. The maximum Gasteiger partial charge on any atom is 0.0701 e. The summed E-state index contributed by atoms with van der Waals surface area (Å²) < 4.78 is 5.55. The molecular weight excluding hydrogens is 190 g/mol. The molecule has 15 heavy (non-hydrogen) atoms. The number of aliphatic hydroxyl groups excluding tert-OH is 1. The van der Waals surface area contributed by atoms with Crippen LogP contribution in [0.3, 0.4) is 0 Å². The molecule has 0 aromatic carbocycles. The Bertz CT molecular complexity index is 174. The number of ether oxygens (including phenoxy) is 1. The molecule has 0 aromatic heterocycles. The topological polar surface area (TPSA) is 32.7 Å². The SMILES string of the molecule is CCC(C)(C)N1CCC(OCCO)CC1. The molecular formula is C12H25NO2. The van der Waals surface area contributed by atoms with Gasteiger partial charge < -0.3 is 9.84 Å². The molecule has 1 aliphatic heterocycles. The van der Waals surface area contributed by atoms with Gasteiger partial charge in [-0.1, -0.05) is 6.92 Å². The smallest absolute Gasteiger partial charge is 0.0701 e. The molecule has 0 radical (unpaired) electrons. The van der Waals surface area contributed by atoms with Crippen LogP contribution in [0.25, 0.3) is 0 Å². The molecule has 1 heterocycles. The van der Waals surface area contributed by atoms with Crippen LogP contribution in [0.5, 0.6) is 0 Å². The number of nitrogens with zero attached hydrogens (tertiary/aromatic N) is 1. The fourth-order valence-corrected chi connectivity index (χ4v) is 2.07. The molecule has 1 N–H and O–H groups in total. The summed E-state index contributed by atoms with van der Waals surface area (Å²) in [6, 6.07) is 0. The van der Waals surface area contributed by atoms with Crippen LogP contribution in [0.15, 0.2) is 0 Å². The van der Waals surface area contributed by atoms with E-state index in [0.29, 0.717) is 18.2 Å². The second-order valence-corrected chi connectivity index (χ2v) is 4.95. The Morgan fingerprint density at radius 1 is 1.33 bits per heavy atom. The van der Waals surface area contributed by atoms with Crippen LogP contribution in [0, 0.1) is 0 Å². The first-order chi connectivity index (χ1) is 7.10. The number of aliphatic hydroxyl groups is 1. The van der Waals surface area contributed by atoms with E-state index in [-0.39, 0.29) is 6.61 Å². The summed E-state index contributed by atoms with van der Waals surface area (Å²) in [5.74, 6) is 0. The molecule has 90 valence electrons. The van der Waals surface area contributed by atoms with Crippen molar-refractivity contribution >= 4 is 0 Å². The highest BCUT2D eigenvalue weighted by atomic mass is 16.5. The Balaban J connectivity index is 2.29. The lowest BCUT2D eigenvalue weighted by atomic mass is 9.95. The minimum atomic E-state index is 0.140. The van der Waals surface area contributed by atoms with E-state index in [0.717, 1.165) is 25.9 Å². The molecule has 0 amide bonds. The number of piperidine rings is 1. The van der Waals surface area contributed by atoms with E-state index < -0.39 is 0 Å². The third kappa shape index (κ3) is 3.74. The van der Waals surface area contributed by atoms with Crippen LogP contribution in [-0.4, -0.2) is 48.0 Å². The summed E-state index contributed by atoms with van der Waals surface area (Å²) >= 11 is 0. The van der Waals surface area contributed by atoms with Gasteiger partial charge in [0.1, 0.15) is 0 Å². The van der Waals surface area contributed by atoms with Crippen LogP contribution in [-0.2, 0) is 4.74 Å².